The number of benzene rings is 2. The van der Waals surface area contributed by atoms with Gasteiger partial charge in [0, 0.05) is 6.54 Å². The summed E-state index contributed by atoms with van der Waals surface area (Å²) in [4.78, 5) is 28.1. The molecule has 0 saturated carbocycles. The molecule has 0 aliphatic rings. The van der Waals surface area contributed by atoms with Crippen LogP contribution >= 0.6 is 0 Å². The highest BCUT2D eigenvalue weighted by Crippen LogP contribution is 2.12. The third-order valence-corrected chi connectivity index (χ3v) is 3.88. The van der Waals surface area contributed by atoms with Crippen LogP contribution in [0.3, 0.4) is 0 Å². The molecule has 26 heavy (non-hydrogen) atoms. The van der Waals surface area contributed by atoms with Gasteiger partial charge in [-0.1, -0.05) is 30.3 Å². The van der Waals surface area contributed by atoms with Crippen LogP contribution in [0.2, 0.25) is 0 Å². The van der Waals surface area contributed by atoms with Crippen LogP contribution in [0.25, 0.3) is 23.1 Å². The predicted molar refractivity (Wildman–Crippen MR) is 98.3 cm³/mol. The predicted octanol–water partition coefficient (Wildman–Crippen LogP) is 2.91. The van der Waals surface area contributed by atoms with Gasteiger partial charge in [-0.15, -0.1) is 0 Å². The molecule has 0 aliphatic heterocycles. The Morgan fingerprint density at radius 2 is 2.00 bits per heavy atom. The van der Waals surface area contributed by atoms with Crippen molar-refractivity contribution in [2.75, 3.05) is 0 Å². The lowest BCUT2D eigenvalue weighted by atomic mass is 10.1. The third-order valence-electron chi connectivity index (χ3n) is 3.88. The molecule has 6 nitrogen and oxygen atoms in total. The molecule has 0 amide bonds. The van der Waals surface area contributed by atoms with Crippen LogP contribution < -0.4 is 5.56 Å². The van der Waals surface area contributed by atoms with Crippen LogP contribution in [0.5, 0.6) is 0 Å². The van der Waals surface area contributed by atoms with Gasteiger partial charge in [0.2, 0.25) is 0 Å². The van der Waals surface area contributed by atoms with Crippen LogP contribution in [0, 0.1) is 11.3 Å². The molecule has 0 radical (unpaired) electrons. The van der Waals surface area contributed by atoms with Crippen molar-refractivity contribution in [2.24, 2.45) is 0 Å². The molecule has 0 fully saturated rings. The quantitative estimate of drug-likeness (QED) is 0.767. The third kappa shape index (κ3) is 3.68. The van der Waals surface area contributed by atoms with Crippen molar-refractivity contribution in [2.45, 2.75) is 13.0 Å². The van der Waals surface area contributed by atoms with Crippen molar-refractivity contribution in [1.82, 2.24) is 9.55 Å². The Bertz CT molecular complexity index is 1110. The first-order chi connectivity index (χ1) is 12.6. The number of carboxylic acid groups (broad SMARTS) is 1. The minimum Gasteiger partial charge on any atom is -0.481 e. The SMILES string of the molecule is N#Cc1cccc(C=Cc2nc3ccccc3c(=O)n2CCC(=O)O)c1. The number of aliphatic carboxylic acids is 1. The van der Waals surface area contributed by atoms with E-state index in [1.165, 1.54) is 4.57 Å². The van der Waals surface area contributed by atoms with E-state index in [-0.39, 0.29) is 18.5 Å². The number of hydrogen-bond acceptors (Lipinski definition) is 4. The molecule has 0 atom stereocenters. The molecule has 0 bridgehead atoms. The second kappa shape index (κ2) is 7.45. The largest absolute Gasteiger partial charge is 0.481 e. The van der Waals surface area contributed by atoms with Gasteiger partial charge in [0.1, 0.15) is 5.82 Å². The molecule has 0 unspecified atom stereocenters. The van der Waals surface area contributed by atoms with Crippen molar-refractivity contribution in [3.63, 3.8) is 0 Å². The minimum atomic E-state index is -0.985. The fourth-order valence-corrected chi connectivity index (χ4v) is 2.62. The second-order valence-electron chi connectivity index (χ2n) is 5.66. The lowest BCUT2D eigenvalue weighted by Crippen LogP contribution is -2.25. The van der Waals surface area contributed by atoms with Gasteiger partial charge in [-0.25, -0.2) is 4.98 Å². The monoisotopic (exact) mass is 345 g/mol. The van der Waals surface area contributed by atoms with Crippen LogP contribution in [-0.4, -0.2) is 20.6 Å². The standard InChI is InChI=1S/C20H15N3O3/c21-13-15-5-3-4-14(12-15)8-9-18-22-17-7-2-1-6-16(17)20(26)23(18)11-10-19(24)25/h1-9,12H,10-11H2,(H,24,25). The Morgan fingerprint density at radius 1 is 1.19 bits per heavy atom. The smallest absolute Gasteiger partial charge is 0.305 e. The molecule has 1 heterocycles. The Hall–Kier alpha value is -3.72. The van der Waals surface area contributed by atoms with Crippen molar-refractivity contribution in [1.29, 1.82) is 5.26 Å². The van der Waals surface area contributed by atoms with Crippen molar-refractivity contribution in [3.05, 3.63) is 75.8 Å². The molecular weight excluding hydrogens is 330 g/mol. The number of para-hydroxylation sites is 1. The van der Waals surface area contributed by atoms with Crippen LogP contribution in [0.15, 0.2) is 53.3 Å². The van der Waals surface area contributed by atoms with Gasteiger partial charge >= 0.3 is 5.97 Å². The van der Waals surface area contributed by atoms with Gasteiger partial charge in [0.05, 0.1) is 29.0 Å². The molecule has 128 valence electrons. The maximum absolute atomic E-state index is 12.7. The summed E-state index contributed by atoms with van der Waals surface area (Å²) in [5.74, 6) is -0.612. The van der Waals surface area contributed by atoms with E-state index in [2.05, 4.69) is 11.1 Å². The van der Waals surface area contributed by atoms with Crippen LogP contribution in [-0.2, 0) is 11.3 Å². The van der Waals surface area contributed by atoms with Gasteiger partial charge in [0.25, 0.3) is 5.56 Å². The Kier molecular flexibility index (Phi) is 4.90. The maximum atomic E-state index is 12.7. The number of carbonyl (C=O) groups is 1. The zero-order chi connectivity index (χ0) is 18.5. The van der Waals surface area contributed by atoms with Gasteiger partial charge < -0.3 is 5.11 Å². The van der Waals surface area contributed by atoms with Gasteiger partial charge in [0.15, 0.2) is 0 Å². The maximum Gasteiger partial charge on any atom is 0.305 e. The number of nitriles is 1. The average Bonchev–Trinajstić information content (AvgIpc) is 2.66. The topological polar surface area (TPSA) is 96.0 Å². The van der Waals surface area contributed by atoms with Gasteiger partial charge in [-0.05, 0) is 35.9 Å². The lowest BCUT2D eigenvalue weighted by Gasteiger charge is -2.10. The average molecular weight is 345 g/mol. The number of hydrogen-bond donors (Lipinski definition) is 1. The fourth-order valence-electron chi connectivity index (χ4n) is 2.62. The molecule has 1 N–H and O–H groups in total. The number of nitrogens with zero attached hydrogens (tertiary/aromatic N) is 3. The first-order valence-electron chi connectivity index (χ1n) is 7.98. The summed E-state index contributed by atoms with van der Waals surface area (Å²) in [6.07, 6.45) is 3.23. The van der Waals surface area contributed by atoms with E-state index in [4.69, 9.17) is 10.4 Å². The summed E-state index contributed by atoms with van der Waals surface area (Å²) in [7, 11) is 0. The summed E-state index contributed by atoms with van der Waals surface area (Å²) < 4.78 is 1.36. The minimum absolute atomic E-state index is 0.0317. The molecule has 0 saturated heterocycles. The molecule has 0 aliphatic carbocycles. The van der Waals surface area contributed by atoms with E-state index in [9.17, 15) is 9.59 Å². The van der Waals surface area contributed by atoms with Gasteiger partial charge in [-0.3, -0.25) is 14.2 Å². The molecule has 3 aromatic rings. The van der Waals surface area contributed by atoms with E-state index in [0.29, 0.717) is 22.3 Å². The first kappa shape index (κ1) is 17.1. The Labute approximate surface area is 149 Å². The van der Waals surface area contributed by atoms with E-state index in [0.717, 1.165) is 5.56 Å². The highest BCUT2D eigenvalue weighted by atomic mass is 16.4. The zero-order valence-corrected chi connectivity index (χ0v) is 13.8. The summed E-state index contributed by atoms with van der Waals surface area (Å²) >= 11 is 0. The highest BCUT2D eigenvalue weighted by molar-refractivity contribution is 5.79. The fraction of sp³-hybridized carbons (Fsp3) is 0.100. The van der Waals surface area contributed by atoms with Crippen molar-refractivity contribution >= 4 is 29.0 Å². The zero-order valence-electron chi connectivity index (χ0n) is 13.8. The molecular formula is C20H15N3O3. The van der Waals surface area contributed by atoms with E-state index >= 15 is 0 Å². The van der Waals surface area contributed by atoms with Crippen LogP contribution in [0.1, 0.15) is 23.4 Å². The number of fused-ring (bicyclic) bond motifs is 1. The first-order valence-corrected chi connectivity index (χ1v) is 7.98. The molecule has 0 spiro atoms. The van der Waals surface area contributed by atoms with E-state index in [1.54, 1.807) is 54.6 Å². The summed E-state index contributed by atoms with van der Waals surface area (Å²) in [6, 6.07) is 16.0. The molecule has 2 aromatic carbocycles. The number of aromatic nitrogens is 2. The lowest BCUT2D eigenvalue weighted by molar-refractivity contribution is -0.137. The normalized spacial score (nSPS) is 10.9. The second-order valence-corrected chi connectivity index (χ2v) is 5.66. The Balaban J connectivity index is 2.09. The van der Waals surface area contributed by atoms with Crippen molar-refractivity contribution in [3.8, 4) is 6.07 Å². The van der Waals surface area contributed by atoms with Gasteiger partial charge in [-0.2, -0.15) is 5.26 Å². The number of rotatable bonds is 5. The molecule has 1 aromatic heterocycles. The molecule has 6 heteroatoms. The van der Waals surface area contributed by atoms with Crippen LogP contribution in [0.4, 0.5) is 0 Å². The highest BCUT2D eigenvalue weighted by Gasteiger charge is 2.10. The summed E-state index contributed by atoms with van der Waals surface area (Å²) in [5.41, 5.74) is 1.59. The van der Waals surface area contributed by atoms with E-state index < -0.39 is 5.97 Å². The Morgan fingerprint density at radius 3 is 2.77 bits per heavy atom. The molecule has 3 rings (SSSR count). The summed E-state index contributed by atoms with van der Waals surface area (Å²) in [6.45, 7) is 0.0317. The van der Waals surface area contributed by atoms with Crippen molar-refractivity contribution < 1.29 is 9.90 Å². The number of carboxylic acids is 1. The summed E-state index contributed by atoms with van der Waals surface area (Å²) in [5, 5.41) is 18.4. The van der Waals surface area contributed by atoms with E-state index in [1.807, 2.05) is 6.07 Å².